The third kappa shape index (κ3) is 5.24. The van der Waals surface area contributed by atoms with Crippen LogP contribution in [0.5, 0.6) is 0 Å². The van der Waals surface area contributed by atoms with Gasteiger partial charge in [-0.25, -0.2) is 4.98 Å². The lowest BCUT2D eigenvalue weighted by atomic mass is 10.0. The van der Waals surface area contributed by atoms with Gasteiger partial charge in [0.15, 0.2) is 0 Å². The van der Waals surface area contributed by atoms with Crippen molar-refractivity contribution in [1.82, 2.24) is 15.2 Å². The number of nitrogens with zero attached hydrogens (tertiary/aromatic N) is 2. The van der Waals surface area contributed by atoms with E-state index in [1.807, 2.05) is 49.1 Å². The number of hydrogen-bond donors (Lipinski definition) is 1. The minimum atomic E-state index is -0.320. The quantitative estimate of drug-likeness (QED) is 0.754. The van der Waals surface area contributed by atoms with Crippen molar-refractivity contribution in [3.8, 4) is 0 Å². The number of pyridine rings is 1. The van der Waals surface area contributed by atoms with Crippen LogP contribution in [0.1, 0.15) is 74.5 Å². The second kappa shape index (κ2) is 9.77. The van der Waals surface area contributed by atoms with Crippen LogP contribution >= 0.6 is 0 Å². The van der Waals surface area contributed by atoms with E-state index in [9.17, 15) is 9.59 Å². The molecule has 1 N–H and O–H groups in total. The van der Waals surface area contributed by atoms with E-state index in [2.05, 4.69) is 5.32 Å². The first-order valence-electron chi connectivity index (χ1n) is 11.6. The topological polar surface area (TPSA) is 71.5 Å². The number of rotatable bonds is 6. The number of hydrogen-bond acceptors (Lipinski definition) is 4. The number of para-hydroxylation sites is 1. The largest absolute Gasteiger partial charge is 0.368 e. The fourth-order valence-electron chi connectivity index (χ4n) is 4.73. The maximum Gasteiger partial charge on any atom is 0.252 e. The molecule has 6 nitrogen and oxygen atoms in total. The summed E-state index contributed by atoms with van der Waals surface area (Å²) in [4.78, 5) is 32.4. The Morgan fingerprint density at radius 1 is 1.23 bits per heavy atom. The van der Waals surface area contributed by atoms with Crippen molar-refractivity contribution in [2.24, 2.45) is 5.92 Å². The summed E-state index contributed by atoms with van der Waals surface area (Å²) >= 11 is 0. The lowest BCUT2D eigenvalue weighted by Gasteiger charge is -2.33. The predicted molar refractivity (Wildman–Crippen MR) is 121 cm³/mol. The second-order valence-corrected chi connectivity index (χ2v) is 9.13. The molecule has 1 atom stereocenters. The van der Waals surface area contributed by atoms with E-state index in [1.54, 1.807) is 0 Å². The highest BCUT2D eigenvalue weighted by atomic mass is 16.5. The van der Waals surface area contributed by atoms with Crippen molar-refractivity contribution in [1.29, 1.82) is 0 Å². The Labute approximate surface area is 184 Å². The maximum absolute atomic E-state index is 12.8. The van der Waals surface area contributed by atoms with Gasteiger partial charge in [-0.1, -0.05) is 43.9 Å². The molecule has 2 fully saturated rings. The number of fused-ring (bicyclic) bond motifs is 1. The third-order valence-electron chi connectivity index (χ3n) is 6.39. The Kier molecular flexibility index (Phi) is 6.86. The molecule has 4 rings (SSSR count). The lowest BCUT2D eigenvalue weighted by Crippen LogP contribution is -2.42. The summed E-state index contributed by atoms with van der Waals surface area (Å²) in [6, 6.07) is 9.54. The van der Waals surface area contributed by atoms with E-state index in [0.29, 0.717) is 43.3 Å². The fourth-order valence-corrected chi connectivity index (χ4v) is 4.73. The Hall–Kier alpha value is -2.47. The van der Waals surface area contributed by atoms with Crippen LogP contribution < -0.4 is 5.32 Å². The van der Waals surface area contributed by atoms with E-state index in [0.717, 1.165) is 17.3 Å². The van der Waals surface area contributed by atoms with E-state index in [4.69, 9.17) is 9.72 Å². The fraction of sp³-hybridized carbons (Fsp3) is 0.560. The molecule has 1 aromatic carbocycles. The van der Waals surface area contributed by atoms with Gasteiger partial charge >= 0.3 is 0 Å². The molecule has 2 amide bonds. The minimum absolute atomic E-state index is 0.0433. The monoisotopic (exact) mass is 423 g/mol. The van der Waals surface area contributed by atoms with Gasteiger partial charge < -0.3 is 15.0 Å². The van der Waals surface area contributed by atoms with Gasteiger partial charge in [-0.15, -0.1) is 0 Å². The molecule has 1 aliphatic heterocycles. The molecule has 2 aromatic rings. The summed E-state index contributed by atoms with van der Waals surface area (Å²) in [5.41, 5.74) is 2.07. The van der Waals surface area contributed by atoms with Crippen molar-refractivity contribution in [2.45, 2.75) is 64.5 Å². The summed E-state index contributed by atoms with van der Waals surface area (Å²) in [5.74, 6) is 0.805. The normalized spacial score (nSPS) is 19.8. The van der Waals surface area contributed by atoms with Gasteiger partial charge in [-0.3, -0.25) is 9.59 Å². The summed E-state index contributed by atoms with van der Waals surface area (Å²) in [6.45, 7) is 5.49. The Morgan fingerprint density at radius 2 is 2.00 bits per heavy atom. The smallest absolute Gasteiger partial charge is 0.252 e. The van der Waals surface area contributed by atoms with E-state index in [-0.39, 0.29) is 24.0 Å². The van der Waals surface area contributed by atoms with Gasteiger partial charge in [0, 0.05) is 24.4 Å². The molecule has 166 valence electrons. The molecule has 0 unspecified atom stereocenters. The molecule has 1 saturated carbocycles. The van der Waals surface area contributed by atoms with Crippen LogP contribution in [0.3, 0.4) is 0 Å². The number of aromatic nitrogens is 1. The number of carbonyl (C=O) groups excluding carboxylic acids is 2. The summed E-state index contributed by atoms with van der Waals surface area (Å²) in [7, 11) is 0. The molecule has 1 aliphatic carbocycles. The molecule has 2 heterocycles. The molecule has 1 saturated heterocycles. The zero-order valence-electron chi connectivity index (χ0n) is 18.6. The number of amides is 2. The van der Waals surface area contributed by atoms with Crippen molar-refractivity contribution >= 4 is 22.7 Å². The summed E-state index contributed by atoms with van der Waals surface area (Å²) < 4.78 is 6.00. The molecular weight excluding hydrogens is 390 g/mol. The first-order valence-corrected chi connectivity index (χ1v) is 11.6. The SMILES string of the molecule is CC(C)NC(=O)c1cc([C@@H]2CN(C(=O)CCC3CCCC3)CCO2)nc2ccccc12. The van der Waals surface area contributed by atoms with Gasteiger partial charge in [0.05, 0.1) is 29.9 Å². The Balaban J connectivity index is 1.51. The molecule has 1 aromatic heterocycles. The minimum Gasteiger partial charge on any atom is -0.368 e. The van der Waals surface area contributed by atoms with Gasteiger partial charge in [-0.2, -0.15) is 0 Å². The predicted octanol–water partition coefficient (Wildman–Crippen LogP) is 4.24. The van der Waals surface area contributed by atoms with Crippen LogP contribution in [-0.2, 0) is 9.53 Å². The maximum atomic E-state index is 12.8. The number of nitrogens with one attached hydrogen (secondary N) is 1. The van der Waals surface area contributed by atoms with Crippen molar-refractivity contribution in [3.63, 3.8) is 0 Å². The van der Waals surface area contributed by atoms with Gasteiger partial charge in [0.2, 0.25) is 5.91 Å². The summed E-state index contributed by atoms with van der Waals surface area (Å²) in [6.07, 6.45) is 6.43. The van der Waals surface area contributed by atoms with E-state index < -0.39 is 0 Å². The van der Waals surface area contributed by atoms with Crippen LogP contribution in [0.25, 0.3) is 10.9 Å². The highest BCUT2D eigenvalue weighted by Crippen LogP contribution is 2.30. The Morgan fingerprint density at radius 3 is 2.77 bits per heavy atom. The average Bonchev–Trinajstić information content (AvgIpc) is 3.30. The molecule has 0 spiro atoms. The first kappa shape index (κ1) is 21.8. The zero-order chi connectivity index (χ0) is 21.8. The van der Waals surface area contributed by atoms with Crippen LogP contribution in [0.2, 0.25) is 0 Å². The standard InChI is InChI=1S/C25H33N3O3/c1-17(2)26-25(30)20-15-22(27-21-10-6-5-9-19(20)21)23-16-28(13-14-31-23)24(29)12-11-18-7-3-4-8-18/h5-6,9-10,15,17-18,23H,3-4,7-8,11-14,16H2,1-2H3,(H,26,30)/t23-/m0/s1. The van der Waals surface area contributed by atoms with Crippen molar-refractivity contribution < 1.29 is 14.3 Å². The lowest BCUT2D eigenvalue weighted by molar-refractivity contribution is -0.139. The van der Waals surface area contributed by atoms with Crippen LogP contribution in [-0.4, -0.2) is 47.4 Å². The van der Waals surface area contributed by atoms with E-state index >= 15 is 0 Å². The average molecular weight is 424 g/mol. The highest BCUT2D eigenvalue weighted by molar-refractivity contribution is 6.06. The molecule has 2 aliphatic rings. The third-order valence-corrected chi connectivity index (χ3v) is 6.39. The number of ether oxygens (including phenoxy) is 1. The number of carbonyl (C=O) groups is 2. The summed E-state index contributed by atoms with van der Waals surface area (Å²) in [5, 5.41) is 3.80. The van der Waals surface area contributed by atoms with Gasteiger partial charge in [0.1, 0.15) is 6.10 Å². The first-order chi connectivity index (χ1) is 15.0. The van der Waals surface area contributed by atoms with Crippen molar-refractivity contribution in [2.75, 3.05) is 19.7 Å². The molecule has 0 radical (unpaired) electrons. The van der Waals surface area contributed by atoms with Crippen molar-refractivity contribution in [3.05, 3.63) is 41.6 Å². The molecular formula is C25H33N3O3. The van der Waals surface area contributed by atoms with Crippen LogP contribution in [0.15, 0.2) is 30.3 Å². The molecule has 31 heavy (non-hydrogen) atoms. The number of benzene rings is 1. The highest BCUT2D eigenvalue weighted by Gasteiger charge is 2.28. The Bertz CT molecular complexity index is 937. The van der Waals surface area contributed by atoms with Gasteiger partial charge in [0.25, 0.3) is 5.91 Å². The zero-order valence-corrected chi connectivity index (χ0v) is 18.6. The second-order valence-electron chi connectivity index (χ2n) is 9.13. The molecule has 6 heteroatoms. The van der Waals surface area contributed by atoms with E-state index in [1.165, 1.54) is 25.7 Å². The number of morpholine rings is 1. The molecule has 0 bridgehead atoms. The van der Waals surface area contributed by atoms with Gasteiger partial charge in [-0.05, 0) is 38.3 Å². The van der Waals surface area contributed by atoms with Crippen LogP contribution in [0.4, 0.5) is 0 Å². The van der Waals surface area contributed by atoms with Crippen LogP contribution in [0, 0.1) is 5.92 Å².